The topological polar surface area (TPSA) is 103 Å². The second-order valence-corrected chi connectivity index (χ2v) is 8.18. The number of aromatic nitrogens is 5. The molecule has 10 heteroatoms. The zero-order valence-corrected chi connectivity index (χ0v) is 15.9. The molecule has 0 aromatic carbocycles. The molecule has 1 aliphatic heterocycles. The number of hydrogen-bond acceptors (Lipinski definition) is 9. The number of tetrazole rings is 1. The Labute approximate surface area is 154 Å². The van der Waals surface area contributed by atoms with Gasteiger partial charge in [0.15, 0.2) is 0 Å². The smallest absolute Gasteiger partial charge is 0.276 e. The lowest BCUT2D eigenvalue weighted by Gasteiger charge is -2.28. The van der Waals surface area contributed by atoms with Crippen molar-refractivity contribution >= 4 is 33.1 Å². The Morgan fingerprint density at radius 3 is 2.65 bits per heavy atom. The maximum Gasteiger partial charge on any atom is 0.276 e. The molecular weight excluding hydrogens is 354 g/mol. The lowest BCUT2D eigenvalue weighted by atomic mass is 10.0. The molecule has 2 atom stereocenters. The van der Waals surface area contributed by atoms with Crippen LogP contribution in [0.5, 0.6) is 0 Å². The van der Waals surface area contributed by atoms with E-state index in [9.17, 15) is 10.2 Å². The fourth-order valence-corrected chi connectivity index (χ4v) is 4.91. The van der Waals surface area contributed by atoms with Crippen LogP contribution < -0.4 is 4.90 Å². The molecule has 0 saturated heterocycles. The van der Waals surface area contributed by atoms with Gasteiger partial charge in [-0.15, -0.1) is 11.3 Å². The summed E-state index contributed by atoms with van der Waals surface area (Å²) in [7, 11) is 2.12. The molecule has 4 rings (SSSR count). The molecule has 2 unspecified atom stereocenters. The van der Waals surface area contributed by atoms with Crippen molar-refractivity contribution in [3.8, 4) is 0 Å². The van der Waals surface area contributed by atoms with E-state index in [1.54, 1.807) is 29.7 Å². The summed E-state index contributed by atoms with van der Waals surface area (Å²) in [6, 6.07) is 0. The van der Waals surface area contributed by atoms with Crippen molar-refractivity contribution in [3.05, 3.63) is 10.4 Å². The van der Waals surface area contributed by atoms with Crippen LogP contribution in [-0.4, -0.2) is 79.0 Å². The first kappa shape index (κ1) is 17.5. The van der Waals surface area contributed by atoms with Crippen LogP contribution in [0.2, 0.25) is 0 Å². The van der Waals surface area contributed by atoms with Crippen LogP contribution in [0, 0.1) is 0 Å². The maximum absolute atomic E-state index is 9.97. The molecule has 9 nitrogen and oxygen atoms in total. The van der Waals surface area contributed by atoms with Crippen LogP contribution in [0.15, 0.2) is 0 Å². The Bertz CT molecular complexity index is 926. The number of thiophene rings is 1. The lowest BCUT2D eigenvalue weighted by Crippen LogP contribution is -2.37. The summed E-state index contributed by atoms with van der Waals surface area (Å²) in [6.45, 7) is 6.12. The first-order chi connectivity index (χ1) is 12.4. The lowest BCUT2D eigenvalue weighted by molar-refractivity contribution is 0.178. The fraction of sp³-hybridized carbons (Fsp3) is 0.625. The largest absolute Gasteiger partial charge is 0.392 e. The second kappa shape index (κ2) is 6.69. The third-order valence-corrected chi connectivity index (χ3v) is 5.77. The number of aliphatic hydroxyl groups excluding tert-OH is 2. The van der Waals surface area contributed by atoms with Crippen molar-refractivity contribution in [3.63, 3.8) is 0 Å². The van der Waals surface area contributed by atoms with Gasteiger partial charge in [-0.3, -0.25) is 0 Å². The Kier molecular flexibility index (Phi) is 4.51. The van der Waals surface area contributed by atoms with Gasteiger partial charge < -0.3 is 20.0 Å². The van der Waals surface area contributed by atoms with Crippen LogP contribution in [-0.2, 0) is 13.0 Å². The van der Waals surface area contributed by atoms with Gasteiger partial charge >= 0.3 is 0 Å². The van der Waals surface area contributed by atoms with E-state index in [0.29, 0.717) is 18.9 Å². The first-order valence-corrected chi connectivity index (χ1v) is 9.57. The van der Waals surface area contributed by atoms with Gasteiger partial charge in [-0.2, -0.15) is 9.50 Å². The second-order valence-electron chi connectivity index (χ2n) is 7.10. The van der Waals surface area contributed by atoms with Crippen molar-refractivity contribution in [2.75, 3.05) is 31.6 Å². The zero-order chi connectivity index (χ0) is 18.4. The van der Waals surface area contributed by atoms with Crippen LogP contribution >= 0.6 is 11.3 Å². The molecule has 0 spiro atoms. The van der Waals surface area contributed by atoms with E-state index in [1.165, 1.54) is 10.4 Å². The minimum absolute atomic E-state index is 0.384. The molecule has 0 amide bonds. The van der Waals surface area contributed by atoms with Gasteiger partial charge in [0.05, 0.1) is 17.6 Å². The molecule has 0 saturated carbocycles. The van der Waals surface area contributed by atoms with Crippen LogP contribution in [0.1, 0.15) is 24.3 Å². The summed E-state index contributed by atoms with van der Waals surface area (Å²) in [5.41, 5.74) is 1.28. The number of anilines is 1. The minimum Gasteiger partial charge on any atom is -0.392 e. The van der Waals surface area contributed by atoms with Gasteiger partial charge in [0, 0.05) is 31.1 Å². The molecule has 0 aliphatic carbocycles. The molecule has 0 radical (unpaired) electrons. The summed E-state index contributed by atoms with van der Waals surface area (Å²) in [5.74, 6) is 1.17. The third kappa shape index (κ3) is 3.02. The Balaban J connectivity index is 1.96. The first-order valence-electron chi connectivity index (χ1n) is 8.76. The summed E-state index contributed by atoms with van der Waals surface area (Å²) in [5, 5.41) is 32.9. The van der Waals surface area contributed by atoms with E-state index in [4.69, 9.17) is 4.98 Å². The number of hydrogen-bond donors (Lipinski definition) is 2. The average Bonchev–Trinajstić information content (AvgIpc) is 3.15. The maximum atomic E-state index is 9.97. The van der Waals surface area contributed by atoms with E-state index < -0.39 is 12.2 Å². The standard InChI is InChI=1S/C16H23N7O2S/c1-9(24)6-22(7-10(2)25)14-13-11-4-5-21(3)8-12(11)26-15(13)23-16(17-14)18-19-20-23/h9-10,24-25H,4-8H2,1-3H3. The van der Waals surface area contributed by atoms with Crippen molar-refractivity contribution in [1.82, 2.24) is 29.9 Å². The minimum atomic E-state index is -0.543. The number of fused-ring (bicyclic) bond motifs is 5. The Hall–Kier alpha value is -1.88. The molecule has 0 fully saturated rings. The molecule has 140 valence electrons. The summed E-state index contributed by atoms with van der Waals surface area (Å²) in [6.07, 6.45) is -0.150. The van der Waals surface area contributed by atoms with E-state index in [2.05, 4.69) is 27.5 Å². The summed E-state index contributed by atoms with van der Waals surface area (Å²) < 4.78 is 1.69. The number of aliphatic hydroxyl groups is 2. The molecule has 3 aromatic rings. The number of rotatable bonds is 5. The predicted octanol–water partition coefficient (Wildman–Crippen LogP) is 0.290. The SMILES string of the molecule is CC(O)CN(CC(C)O)c1nc2nnnn2c2sc3c(c12)CCN(C)C3. The summed E-state index contributed by atoms with van der Waals surface area (Å²) >= 11 is 1.69. The van der Waals surface area contributed by atoms with E-state index >= 15 is 0 Å². The highest BCUT2D eigenvalue weighted by molar-refractivity contribution is 7.19. The van der Waals surface area contributed by atoms with Gasteiger partial charge in [0.2, 0.25) is 0 Å². The molecule has 4 heterocycles. The van der Waals surface area contributed by atoms with Crippen molar-refractivity contribution in [2.45, 2.75) is 39.0 Å². The molecule has 1 aliphatic rings. The highest BCUT2D eigenvalue weighted by atomic mass is 32.1. The number of nitrogens with zero attached hydrogens (tertiary/aromatic N) is 7. The Morgan fingerprint density at radius 2 is 1.96 bits per heavy atom. The van der Waals surface area contributed by atoms with Crippen LogP contribution in [0.25, 0.3) is 16.0 Å². The van der Waals surface area contributed by atoms with Gasteiger partial charge in [-0.05, 0) is 43.3 Å². The quantitative estimate of drug-likeness (QED) is 0.654. The van der Waals surface area contributed by atoms with Crippen molar-refractivity contribution in [1.29, 1.82) is 0 Å². The molecule has 2 N–H and O–H groups in total. The van der Waals surface area contributed by atoms with Crippen molar-refractivity contribution in [2.24, 2.45) is 0 Å². The zero-order valence-electron chi connectivity index (χ0n) is 15.1. The third-order valence-electron chi connectivity index (χ3n) is 4.57. The highest BCUT2D eigenvalue weighted by Crippen LogP contribution is 2.39. The van der Waals surface area contributed by atoms with Crippen molar-refractivity contribution < 1.29 is 10.2 Å². The van der Waals surface area contributed by atoms with Gasteiger partial charge in [-0.25, -0.2) is 0 Å². The number of likely N-dealkylation sites (N-methyl/N-ethyl adjacent to an activating group) is 1. The van der Waals surface area contributed by atoms with Crippen LogP contribution in [0.3, 0.4) is 0 Å². The van der Waals surface area contributed by atoms with Gasteiger partial charge in [0.1, 0.15) is 10.6 Å². The van der Waals surface area contributed by atoms with Gasteiger partial charge in [-0.1, -0.05) is 5.10 Å². The molecule has 26 heavy (non-hydrogen) atoms. The van der Waals surface area contributed by atoms with Gasteiger partial charge in [0.25, 0.3) is 5.78 Å². The van der Waals surface area contributed by atoms with E-state index in [0.717, 1.165) is 35.5 Å². The molecule has 0 bridgehead atoms. The summed E-state index contributed by atoms with van der Waals surface area (Å²) in [4.78, 5) is 11.2. The van der Waals surface area contributed by atoms with E-state index in [1.807, 2.05) is 4.90 Å². The van der Waals surface area contributed by atoms with Crippen LogP contribution in [0.4, 0.5) is 5.82 Å². The normalized spacial score (nSPS) is 17.6. The molecule has 3 aromatic heterocycles. The van der Waals surface area contributed by atoms with E-state index in [-0.39, 0.29) is 0 Å². The average molecular weight is 377 g/mol. The molecular formula is C16H23N7O2S. The Morgan fingerprint density at radius 1 is 1.23 bits per heavy atom. The monoisotopic (exact) mass is 377 g/mol. The predicted molar refractivity (Wildman–Crippen MR) is 99.6 cm³/mol. The fourth-order valence-electron chi connectivity index (χ4n) is 3.54. The highest BCUT2D eigenvalue weighted by Gasteiger charge is 2.27.